The molecule has 0 aliphatic carbocycles. The highest BCUT2D eigenvalue weighted by Crippen LogP contribution is 2.25. The topological polar surface area (TPSA) is 180 Å². The number of nitrogens with one attached hydrogen (secondary N) is 2. The second kappa shape index (κ2) is 24.2. The smallest absolute Gasteiger partial charge is 0.396 e. The van der Waals surface area contributed by atoms with Gasteiger partial charge in [-0.3, -0.25) is 24.0 Å². The second-order valence-corrected chi connectivity index (χ2v) is 13.4. The van der Waals surface area contributed by atoms with Crippen LogP contribution in [0.2, 0.25) is 10.0 Å². The molecule has 0 fully saturated rings. The molecule has 0 saturated carbocycles. The third kappa shape index (κ3) is 16.2. The van der Waals surface area contributed by atoms with E-state index in [0.29, 0.717) is 22.9 Å². The van der Waals surface area contributed by atoms with Gasteiger partial charge in [-0.15, -0.1) is 0 Å². The monoisotopic (exact) mass is 819 g/mol. The molecule has 4 rings (SSSR count). The lowest BCUT2D eigenvalue weighted by Crippen LogP contribution is -2.43. The molecule has 0 spiro atoms. The summed E-state index contributed by atoms with van der Waals surface area (Å²) in [6, 6.07) is 29.3. The molecule has 0 heterocycles. The molecule has 0 aromatic heterocycles. The number of carbonyl (C=O) groups excluding carboxylic acids is 6. The summed E-state index contributed by atoms with van der Waals surface area (Å²) >= 11 is 12.1. The van der Waals surface area contributed by atoms with E-state index in [2.05, 4.69) is 10.6 Å². The molecule has 12 nitrogen and oxygen atoms in total. The Morgan fingerprint density at radius 2 is 0.965 bits per heavy atom. The molecule has 14 heteroatoms. The number of ketones is 1. The predicted octanol–water partition coefficient (Wildman–Crippen LogP) is 6.07. The Morgan fingerprint density at radius 1 is 0.561 bits per heavy atom. The average molecular weight is 821 g/mol. The van der Waals surface area contributed by atoms with Gasteiger partial charge in [-0.1, -0.05) is 96.0 Å². The molecule has 57 heavy (non-hydrogen) atoms. The molecule has 0 bridgehead atoms. The fourth-order valence-electron chi connectivity index (χ4n) is 5.56. The number of halogens is 2. The number of esters is 3. The molecule has 0 aliphatic rings. The number of amides is 2. The highest BCUT2D eigenvalue weighted by Gasteiger charge is 2.23. The number of hydrogen-bond acceptors (Lipinski definition) is 10. The standard InChI is InChI=1S/C22H24ClNO5.C21H23ClN2O4/c1-3-28-20(25)14-19(24-21(26)22(27)29-4-2)12-15-8-10-16(11-9-15)17-6-5-7-18(23)13-17;1-2-28-20(26)12-18(24-21(27)19(25)13-23)10-14-6-8-15(9-7-14)16-4-3-5-17(22)11-16/h5-11,13,19H,3-4,12,14H2,1-2H3,(H,24,26);3-9,11,18H,2,10,12-13,23H2,1H3,(H,24,27)/t19-;18-/m11/s1. The summed E-state index contributed by atoms with van der Waals surface area (Å²) in [6.45, 7) is 5.23. The van der Waals surface area contributed by atoms with Crippen molar-refractivity contribution in [1.29, 1.82) is 0 Å². The zero-order chi connectivity index (χ0) is 41.7. The summed E-state index contributed by atoms with van der Waals surface area (Å²) in [6.07, 6.45) is 0.653. The van der Waals surface area contributed by atoms with E-state index >= 15 is 0 Å². The zero-order valence-corrected chi connectivity index (χ0v) is 33.6. The van der Waals surface area contributed by atoms with Gasteiger partial charge >= 0.3 is 23.8 Å². The van der Waals surface area contributed by atoms with Crippen molar-refractivity contribution < 1.29 is 43.0 Å². The van der Waals surface area contributed by atoms with Gasteiger partial charge in [0, 0.05) is 22.1 Å². The fraction of sp³-hybridized carbons (Fsp3) is 0.302. The van der Waals surface area contributed by atoms with Gasteiger partial charge < -0.3 is 30.6 Å². The zero-order valence-electron chi connectivity index (χ0n) is 32.1. The fourth-order valence-corrected chi connectivity index (χ4v) is 5.94. The minimum absolute atomic E-state index is 0.0342. The van der Waals surface area contributed by atoms with Crippen LogP contribution in [0.5, 0.6) is 0 Å². The molecule has 0 saturated heterocycles. The lowest BCUT2D eigenvalue weighted by atomic mass is 9.99. The Balaban J connectivity index is 0.000000306. The predicted molar refractivity (Wildman–Crippen MR) is 218 cm³/mol. The van der Waals surface area contributed by atoms with Crippen molar-refractivity contribution in [1.82, 2.24) is 10.6 Å². The first-order valence-corrected chi connectivity index (χ1v) is 19.1. The van der Waals surface area contributed by atoms with Crippen LogP contribution >= 0.6 is 23.2 Å². The van der Waals surface area contributed by atoms with Gasteiger partial charge in [0.25, 0.3) is 5.91 Å². The minimum Gasteiger partial charge on any atom is -0.466 e. The molecule has 0 aliphatic heterocycles. The minimum atomic E-state index is -0.974. The van der Waals surface area contributed by atoms with Crippen LogP contribution in [0.4, 0.5) is 0 Å². The number of hydrogen-bond donors (Lipinski definition) is 3. The van der Waals surface area contributed by atoms with Gasteiger partial charge in [0.15, 0.2) is 0 Å². The van der Waals surface area contributed by atoms with Crippen LogP contribution in [0, 0.1) is 0 Å². The maximum atomic E-state index is 12.0. The molecule has 2 atom stereocenters. The largest absolute Gasteiger partial charge is 0.466 e. The summed E-state index contributed by atoms with van der Waals surface area (Å²) in [7, 11) is 0. The summed E-state index contributed by atoms with van der Waals surface area (Å²) < 4.78 is 14.6. The van der Waals surface area contributed by atoms with Gasteiger partial charge in [0.2, 0.25) is 5.78 Å². The Labute approximate surface area is 342 Å². The lowest BCUT2D eigenvalue weighted by Gasteiger charge is -2.18. The van der Waals surface area contributed by atoms with E-state index in [1.807, 2.05) is 97.1 Å². The Morgan fingerprint density at radius 3 is 1.33 bits per heavy atom. The van der Waals surface area contributed by atoms with Crippen LogP contribution in [-0.2, 0) is 55.8 Å². The summed E-state index contributed by atoms with van der Waals surface area (Å²) in [4.78, 5) is 70.7. The highest BCUT2D eigenvalue weighted by atomic mass is 35.5. The maximum absolute atomic E-state index is 12.0. The van der Waals surface area contributed by atoms with Crippen molar-refractivity contribution in [3.05, 3.63) is 118 Å². The molecule has 0 unspecified atom stereocenters. The average Bonchev–Trinajstić information content (AvgIpc) is 3.18. The number of Topliss-reactive ketones (excluding diaryl/α,β-unsaturated/α-hetero) is 1. The van der Waals surface area contributed by atoms with E-state index in [4.69, 9.17) is 43.1 Å². The van der Waals surface area contributed by atoms with Crippen molar-refractivity contribution in [2.45, 2.75) is 58.5 Å². The number of carbonyl (C=O) groups is 6. The first-order chi connectivity index (χ1) is 27.3. The molecular weight excluding hydrogens is 773 g/mol. The molecule has 302 valence electrons. The maximum Gasteiger partial charge on any atom is 0.396 e. The number of rotatable bonds is 17. The molecular formula is C43H47Cl2N3O9. The second-order valence-electron chi connectivity index (χ2n) is 12.5. The molecule has 4 aromatic rings. The SMILES string of the molecule is CCOC(=O)C[C@@H](Cc1ccc(-c2cccc(Cl)c2)cc1)NC(=O)C(=O)CN.CCOC(=O)C[C@@H](Cc1ccc(-c2cccc(Cl)c2)cc1)NC(=O)C(=O)OCC. The van der Waals surface area contributed by atoms with Gasteiger partial charge in [0.1, 0.15) is 0 Å². The third-order valence-corrected chi connectivity index (χ3v) is 8.66. The van der Waals surface area contributed by atoms with Gasteiger partial charge in [-0.2, -0.15) is 0 Å². The number of benzene rings is 4. The van der Waals surface area contributed by atoms with E-state index in [-0.39, 0.29) is 39.2 Å². The van der Waals surface area contributed by atoms with E-state index in [1.54, 1.807) is 20.8 Å². The molecule has 0 radical (unpaired) electrons. The Bertz CT molecular complexity index is 1970. The summed E-state index contributed by atoms with van der Waals surface area (Å²) in [5, 5.41) is 6.45. The van der Waals surface area contributed by atoms with Crippen molar-refractivity contribution >= 4 is 58.7 Å². The quantitative estimate of drug-likeness (QED) is 0.0644. The van der Waals surface area contributed by atoms with Crippen LogP contribution in [-0.4, -0.2) is 74.0 Å². The van der Waals surface area contributed by atoms with E-state index in [0.717, 1.165) is 33.4 Å². The van der Waals surface area contributed by atoms with Crippen LogP contribution in [0.25, 0.3) is 22.3 Å². The highest BCUT2D eigenvalue weighted by molar-refractivity contribution is 6.37. The van der Waals surface area contributed by atoms with Crippen LogP contribution in [0.1, 0.15) is 44.7 Å². The summed E-state index contributed by atoms with van der Waals surface area (Å²) in [5.41, 5.74) is 11.0. The first-order valence-electron chi connectivity index (χ1n) is 18.4. The van der Waals surface area contributed by atoms with Crippen molar-refractivity contribution in [2.75, 3.05) is 26.4 Å². The van der Waals surface area contributed by atoms with Gasteiger partial charge in [-0.05, 0) is 91.3 Å². The third-order valence-electron chi connectivity index (χ3n) is 8.19. The van der Waals surface area contributed by atoms with E-state index in [1.165, 1.54) is 0 Å². The van der Waals surface area contributed by atoms with Crippen LogP contribution in [0.3, 0.4) is 0 Å². The van der Waals surface area contributed by atoms with E-state index < -0.39 is 47.6 Å². The summed E-state index contributed by atoms with van der Waals surface area (Å²) in [5.74, 6) is -4.27. The van der Waals surface area contributed by atoms with Crippen molar-refractivity contribution in [3.63, 3.8) is 0 Å². The molecule has 2 amide bonds. The molecule has 4 aromatic carbocycles. The van der Waals surface area contributed by atoms with Gasteiger partial charge in [0.05, 0.1) is 39.2 Å². The van der Waals surface area contributed by atoms with Crippen molar-refractivity contribution in [2.24, 2.45) is 5.73 Å². The van der Waals surface area contributed by atoms with Gasteiger partial charge in [-0.25, -0.2) is 4.79 Å². The molecule has 4 N–H and O–H groups in total. The normalized spacial score (nSPS) is 11.5. The lowest BCUT2D eigenvalue weighted by molar-refractivity contribution is -0.155. The first kappa shape index (κ1) is 45.8. The van der Waals surface area contributed by atoms with E-state index in [9.17, 15) is 28.8 Å². The number of nitrogens with two attached hydrogens (primary N) is 1. The number of ether oxygens (including phenoxy) is 3. The van der Waals surface area contributed by atoms with Crippen LogP contribution in [0.15, 0.2) is 97.1 Å². The van der Waals surface area contributed by atoms with Crippen LogP contribution < -0.4 is 16.4 Å². The van der Waals surface area contributed by atoms with Crippen molar-refractivity contribution in [3.8, 4) is 22.3 Å². The Kier molecular flexibility index (Phi) is 19.4. The Hall–Kier alpha value is -5.56.